The zero-order valence-corrected chi connectivity index (χ0v) is 9.25. The van der Waals surface area contributed by atoms with Gasteiger partial charge in [0, 0.05) is 0 Å². The summed E-state index contributed by atoms with van der Waals surface area (Å²) >= 11 is 0. The summed E-state index contributed by atoms with van der Waals surface area (Å²) in [6, 6.07) is 0. The van der Waals surface area contributed by atoms with E-state index in [2.05, 4.69) is 4.90 Å². The number of carboxylic acid groups (broad SMARTS) is 1. The fourth-order valence-electron chi connectivity index (χ4n) is 2.42. The smallest absolute Gasteiger partial charge is 0.303 e. The SMILES string of the molecule is CN(C)CCC1(CC(=O)O)CCCC1. The zero-order chi connectivity index (χ0) is 10.6. The average Bonchev–Trinajstić information content (AvgIpc) is 2.49. The molecular weight excluding hydrogens is 178 g/mol. The van der Waals surface area contributed by atoms with Gasteiger partial charge in [0.05, 0.1) is 6.42 Å². The molecule has 0 aromatic rings. The molecule has 0 aliphatic heterocycles. The Hall–Kier alpha value is -0.570. The van der Waals surface area contributed by atoms with Gasteiger partial charge >= 0.3 is 5.97 Å². The van der Waals surface area contributed by atoms with Crippen LogP contribution in [0.25, 0.3) is 0 Å². The van der Waals surface area contributed by atoms with Crippen LogP contribution in [-0.4, -0.2) is 36.6 Å². The van der Waals surface area contributed by atoms with Crippen LogP contribution in [0.1, 0.15) is 38.5 Å². The summed E-state index contributed by atoms with van der Waals surface area (Å²) in [4.78, 5) is 12.9. The van der Waals surface area contributed by atoms with Crippen molar-refractivity contribution in [1.82, 2.24) is 4.90 Å². The molecule has 0 spiro atoms. The fraction of sp³-hybridized carbons (Fsp3) is 0.909. The highest BCUT2D eigenvalue weighted by molar-refractivity contribution is 5.67. The molecule has 0 unspecified atom stereocenters. The number of aliphatic carboxylic acids is 1. The fourth-order valence-corrected chi connectivity index (χ4v) is 2.42. The van der Waals surface area contributed by atoms with Crippen molar-refractivity contribution < 1.29 is 9.90 Å². The molecule has 1 aliphatic rings. The average molecular weight is 199 g/mol. The van der Waals surface area contributed by atoms with Crippen LogP contribution in [0.4, 0.5) is 0 Å². The molecule has 0 atom stereocenters. The van der Waals surface area contributed by atoms with E-state index in [1.807, 2.05) is 14.1 Å². The number of hydrogen-bond acceptors (Lipinski definition) is 2. The molecule has 0 aromatic heterocycles. The van der Waals surface area contributed by atoms with Gasteiger partial charge in [0.2, 0.25) is 0 Å². The predicted octanol–water partition coefficient (Wildman–Crippen LogP) is 1.97. The van der Waals surface area contributed by atoms with E-state index < -0.39 is 5.97 Å². The minimum atomic E-state index is -0.634. The molecule has 0 amide bonds. The lowest BCUT2D eigenvalue weighted by atomic mass is 9.79. The highest BCUT2D eigenvalue weighted by atomic mass is 16.4. The predicted molar refractivity (Wildman–Crippen MR) is 56.3 cm³/mol. The van der Waals surface area contributed by atoms with Gasteiger partial charge < -0.3 is 10.0 Å². The minimum absolute atomic E-state index is 0.107. The van der Waals surface area contributed by atoms with Crippen LogP contribution in [0.2, 0.25) is 0 Å². The van der Waals surface area contributed by atoms with Gasteiger partial charge in [-0.3, -0.25) is 4.79 Å². The van der Waals surface area contributed by atoms with E-state index in [-0.39, 0.29) is 5.41 Å². The molecule has 1 aliphatic carbocycles. The van der Waals surface area contributed by atoms with Crippen molar-refractivity contribution in [2.45, 2.75) is 38.5 Å². The first-order chi connectivity index (χ1) is 6.54. The van der Waals surface area contributed by atoms with Crippen molar-refractivity contribution in [3.63, 3.8) is 0 Å². The number of hydrogen-bond donors (Lipinski definition) is 1. The van der Waals surface area contributed by atoms with Crippen molar-refractivity contribution in [3.8, 4) is 0 Å². The first kappa shape index (κ1) is 11.5. The monoisotopic (exact) mass is 199 g/mol. The Kier molecular flexibility index (Phi) is 3.93. The van der Waals surface area contributed by atoms with E-state index in [0.29, 0.717) is 6.42 Å². The lowest BCUT2D eigenvalue weighted by molar-refractivity contribution is -0.139. The van der Waals surface area contributed by atoms with Crippen LogP contribution >= 0.6 is 0 Å². The van der Waals surface area contributed by atoms with Crippen LogP contribution in [0.15, 0.2) is 0 Å². The van der Waals surface area contributed by atoms with Gasteiger partial charge in [-0.05, 0) is 45.3 Å². The normalized spacial score (nSPS) is 20.2. The lowest BCUT2D eigenvalue weighted by Gasteiger charge is -2.28. The quantitative estimate of drug-likeness (QED) is 0.736. The lowest BCUT2D eigenvalue weighted by Crippen LogP contribution is -2.26. The molecule has 0 heterocycles. The molecule has 0 aromatic carbocycles. The van der Waals surface area contributed by atoms with E-state index in [9.17, 15) is 4.79 Å². The van der Waals surface area contributed by atoms with Crippen molar-refractivity contribution in [2.75, 3.05) is 20.6 Å². The molecule has 82 valence electrons. The third kappa shape index (κ3) is 3.29. The number of rotatable bonds is 5. The van der Waals surface area contributed by atoms with E-state index in [1.54, 1.807) is 0 Å². The van der Waals surface area contributed by atoms with Crippen molar-refractivity contribution >= 4 is 5.97 Å². The standard InChI is InChI=1S/C11H21NO2/c1-12(2)8-7-11(9-10(13)14)5-3-4-6-11/h3-9H2,1-2H3,(H,13,14). The summed E-state index contributed by atoms with van der Waals surface area (Å²) in [5.41, 5.74) is 0.107. The van der Waals surface area contributed by atoms with Gasteiger partial charge in [-0.15, -0.1) is 0 Å². The highest BCUT2D eigenvalue weighted by Gasteiger charge is 2.35. The van der Waals surface area contributed by atoms with Gasteiger partial charge in [-0.25, -0.2) is 0 Å². The second kappa shape index (κ2) is 4.78. The molecule has 14 heavy (non-hydrogen) atoms. The van der Waals surface area contributed by atoms with E-state index in [0.717, 1.165) is 25.8 Å². The van der Waals surface area contributed by atoms with Crippen LogP contribution in [0.3, 0.4) is 0 Å². The van der Waals surface area contributed by atoms with Gasteiger partial charge in [0.25, 0.3) is 0 Å². The summed E-state index contributed by atoms with van der Waals surface area (Å²) in [7, 11) is 4.09. The minimum Gasteiger partial charge on any atom is -0.481 e. The molecular formula is C11H21NO2. The molecule has 1 saturated carbocycles. The van der Waals surface area contributed by atoms with Crippen LogP contribution in [0.5, 0.6) is 0 Å². The van der Waals surface area contributed by atoms with Gasteiger partial charge in [0.1, 0.15) is 0 Å². The second-order valence-electron chi connectivity index (χ2n) is 4.83. The van der Waals surface area contributed by atoms with Gasteiger partial charge in [-0.2, -0.15) is 0 Å². The highest BCUT2D eigenvalue weighted by Crippen LogP contribution is 2.43. The number of carboxylic acids is 1. The maximum atomic E-state index is 10.8. The molecule has 0 bridgehead atoms. The summed E-state index contributed by atoms with van der Waals surface area (Å²) in [5.74, 6) is -0.634. The Morgan fingerprint density at radius 2 is 1.93 bits per heavy atom. The Bertz CT molecular complexity index is 195. The van der Waals surface area contributed by atoms with Crippen LogP contribution in [0, 0.1) is 5.41 Å². The first-order valence-electron chi connectivity index (χ1n) is 5.41. The van der Waals surface area contributed by atoms with E-state index in [4.69, 9.17) is 5.11 Å². The zero-order valence-electron chi connectivity index (χ0n) is 9.25. The molecule has 0 radical (unpaired) electrons. The number of nitrogens with zero attached hydrogens (tertiary/aromatic N) is 1. The first-order valence-corrected chi connectivity index (χ1v) is 5.41. The summed E-state index contributed by atoms with van der Waals surface area (Å²) < 4.78 is 0. The Morgan fingerprint density at radius 3 is 2.36 bits per heavy atom. The van der Waals surface area contributed by atoms with Crippen molar-refractivity contribution in [3.05, 3.63) is 0 Å². The summed E-state index contributed by atoms with van der Waals surface area (Å²) in [5, 5.41) is 8.89. The van der Waals surface area contributed by atoms with E-state index >= 15 is 0 Å². The topological polar surface area (TPSA) is 40.5 Å². The third-order valence-electron chi connectivity index (χ3n) is 3.28. The Labute approximate surface area is 86.1 Å². The molecule has 3 nitrogen and oxygen atoms in total. The Balaban J connectivity index is 2.48. The molecule has 1 N–H and O–H groups in total. The molecule has 0 saturated heterocycles. The van der Waals surface area contributed by atoms with Crippen molar-refractivity contribution in [2.24, 2.45) is 5.41 Å². The maximum Gasteiger partial charge on any atom is 0.303 e. The molecule has 1 fully saturated rings. The largest absolute Gasteiger partial charge is 0.481 e. The van der Waals surface area contributed by atoms with Crippen LogP contribution < -0.4 is 0 Å². The Morgan fingerprint density at radius 1 is 1.36 bits per heavy atom. The summed E-state index contributed by atoms with van der Waals surface area (Å²) in [6.07, 6.45) is 6.02. The third-order valence-corrected chi connectivity index (χ3v) is 3.28. The van der Waals surface area contributed by atoms with Crippen LogP contribution in [-0.2, 0) is 4.79 Å². The molecule has 1 rings (SSSR count). The van der Waals surface area contributed by atoms with E-state index in [1.165, 1.54) is 12.8 Å². The summed E-state index contributed by atoms with van der Waals surface area (Å²) in [6.45, 7) is 1.01. The second-order valence-corrected chi connectivity index (χ2v) is 4.83. The molecule has 3 heteroatoms. The maximum absolute atomic E-state index is 10.8. The van der Waals surface area contributed by atoms with Crippen molar-refractivity contribution in [1.29, 1.82) is 0 Å². The number of carbonyl (C=O) groups is 1. The van der Waals surface area contributed by atoms with Gasteiger partial charge in [0.15, 0.2) is 0 Å². The van der Waals surface area contributed by atoms with Gasteiger partial charge in [-0.1, -0.05) is 12.8 Å².